The van der Waals surface area contributed by atoms with Crippen molar-refractivity contribution in [1.29, 1.82) is 0 Å². The van der Waals surface area contributed by atoms with Gasteiger partial charge in [0.2, 0.25) is 0 Å². The van der Waals surface area contributed by atoms with Crippen molar-refractivity contribution in [3.8, 4) is 5.69 Å². The zero-order chi connectivity index (χ0) is 29.5. The molecule has 11 nitrogen and oxygen atoms in total. The van der Waals surface area contributed by atoms with Crippen molar-refractivity contribution in [3.63, 3.8) is 0 Å². The van der Waals surface area contributed by atoms with Crippen molar-refractivity contribution in [1.82, 2.24) is 14.7 Å². The van der Waals surface area contributed by atoms with Crippen LogP contribution >= 0.6 is 0 Å². The van der Waals surface area contributed by atoms with Crippen molar-refractivity contribution in [3.05, 3.63) is 83.4 Å². The van der Waals surface area contributed by atoms with Gasteiger partial charge >= 0.3 is 17.9 Å². The second-order valence-electron chi connectivity index (χ2n) is 9.92. The second kappa shape index (κ2) is 12.8. The predicted octanol–water partition coefficient (Wildman–Crippen LogP) is 2.55. The Labute approximate surface area is 229 Å². The quantitative estimate of drug-likeness (QED) is 0.263. The maximum atomic E-state index is 13.1. The van der Waals surface area contributed by atoms with E-state index in [4.69, 9.17) is 20.4 Å². The lowest BCUT2D eigenvalue weighted by Gasteiger charge is -2.38. The number of aliphatic hydroxyl groups is 2. The summed E-state index contributed by atoms with van der Waals surface area (Å²) in [4.78, 5) is 32.8. The average molecular weight is 558 g/mol. The number of hydrogen-bond acceptors (Lipinski definition) is 7. The SMILES string of the molecule is Cc1ccc(C2(O)CCN(Cc3cnn(-c4ccc(F)cc4)c3)CC2)cc1.O=C(O)CC(O)(CC(=O)O)C(=O)O. The molecule has 4 rings (SSSR count). The Morgan fingerprint density at radius 3 is 2.00 bits per heavy atom. The number of aryl methyl sites for hydroxylation is 1. The summed E-state index contributed by atoms with van der Waals surface area (Å²) in [5, 5.41) is 49.2. The molecule has 2 aromatic carbocycles. The summed E-state index contributed by atoms with van der Waals surface area (Å²) in [6.45, 7) is 4.53. The molecule has 0 saturated carbocycles. The van der Waals surface area contributed by atoms with Crippen LogP contribution in [0.25, 0.3) is 5.69 Å². The first-order valence-corrected chi connectivity index (χ1v) is 12.5. The van der Waals surface area contributed by atoms with E-state index in [1.807, 2.05) is 24.5 Å². The van der Waals surface area contributed by atoms with E-state index in [9.17, 15) is 23.9 Å². The van der Waals surface area contributed by atoms with Gasteiger partial charge < -0.3 is 25.5 Å². The molecule has 0 radical (unpaired) electrons. The Bertz CT molecular complexity index is 1300. The number of hydrogen-bond donors (Lipinski definition) is 5. The third-order valence-corrected chi connectivity index (χ3v) is 6.69. The van der Waals surface area contributed by atoms with Crippen LogP contribution in [0.4, 0.5) is 4.39 Å². The van der Waals surface area contributed by atoms with Gasteiger partial charge in [0.05, 0.1) is 30.3 Å². The fraction of sp³-hybridized carbons (Fsp3) is 0.357. The van der Waals surface area contributed by atoms with Gasteiger partial charge in [-0.25, -0.2) is 13.9 Å². The molecule has 3 aromatic rings. The minimum atomic E-state index is -2.74. The molecule has 2 heterocycles. The first-order chi connectivity index (χ1) is 18.8. The van der Waals surface area contributed by atoms with E-state index in [1.165, 1.54) is 17.7 Å². The first kappa shape index (κ1) is 30.4. The van der Waals surface area contributed by atoms with E-state index in [0.717, 1.165) is 49.3 Å². The van der Waals surface area contributed by atoms with Crippen molar-refractivity contribution in [2.45, 2.75) is 50.4 Å². The number of aliphatic carboxylic acids is 3. The zero-order valence-electron chi connectivity index (χ0n) is 21.9. The summed E-state index contributed by atoms with van der Waals surface area (Å²) >= 11 is 0. The summed E-state index contributed by atoms with van der Waals surface area (Å²) in [7, 11) is 0. The fourth-order valence-corrected chi connectivity index (χ4v) is 4.38. The van der Waals surface area contributed by atoms with Crippen LogP contribution in [0.3, 0.4) is 0 Å². The third kappa shape index (κ3) is 8.18. The van der Waals surface area contributed by atoms with E-state index in [2.05, 4.69) is 29.1 Å². The van der Waals surface area contributed by atoms with Gasteiger partial charge in [-0.1, -0.05) is 29.8 Å². The molecule has 1 fully saturated rings. The number of halogens is 1. The van der Waals surface area contributed by atoms with Crippen LogP contribution < -0.4 is 0 Å². The van der Waals surface area contributed by atoms with Gasteiger partial charge in [0.25, 0.3) is 0 Å². The van der Waals surface area contributed by atoms with Gasteiger partial charge in [-0.3, -0.25) is 14.5 Å². The average Bonchev–Trinajstić information content (AvgIpc) is 3.34. The highest BCUT2D eigenvalue weighted by Crippen LogP contribution is 2.33. The summed E-state index contributed by atoms with van der Waals surface area (Å²) < 4.78 is 14.8. The van der Waals surface area contributed by atoms with Crippen molar-refractivity contribution in [2.75, 3.05) is 13.1 Å². The van der Waals surface area contributed by atoms with Crippen molar-refractivity contribution >= 4 is 17.9 Å². The zero-order valence-corrected chi connectivity index (χ0v) is 21.9. The third-order valence-electron chi connectivity index (χ3n) is 6.69. The first-order valence-electron chi connectivity index (χ1n) is 12.5. The Morgan fingerprint density at radius 1 is 0.950 bits per heavy atom. The number of carboxylic acids is 3. The summed E-state index contributed by atoms with van der Waals surface area (Å²) in [5.74, 6) is -5.27. The van der Waals surface area contributed by atoms with Gasteiger partial charge in [-0.2, -0.15) is 5.10 Å². The Morgan fingerprint density at radius 2 is 1.50 bits per heavy atom. The molecule has 1 aliphatic heterocycles. The monoisotopic (exact) mass is 557 g/mol. The predicted molar refractivity (Wildman–Crippen MR) is 140 cm³/mol. The van der Waals surface area contributed by atoms with E-state index >= 15 is 0 Å². The van der Waals surface area contributed by atoms with E-state index < -0.39 is 42.0 Å². The van der Waals surface area contributed by atoms with Crippen molar-refractivity contribution in [2.24, 2.45) is 0 Å². The van der Waals surface area contributed by atoms with Crippen LogP contribution in [0.2, 0.25) is 0 Å². The molecule has 0 unspecified atom stereocenters. The molecule has 214 valence electrons. The topological polar surface area (TPSA) is 173 Å². The van der Waals surface area contributed by atoms with Crippen LogP contribution in [-0.2, 0) is 26.5 Å². The number of nitrogens with zero attached hydrogens (tertiary/aromatic N) is 3. The maximum Gasteiger partial charge on any atom is 0.336 e. The van der Waals surface area contributed by atoms with Crippen LogP contribution in [0.1, 0.15) is 42.4 Å². The smallest absolute Gasteiger partial charge is 0.336 e. The molecule has 5 N–H and O–H groups in total. The lowest BCUT2D eigenvalue weighted by Crippen LogP contribution is -2.42. The molecule has 1 aliphatic rings. The lowest BCUT2D eigenvalue weighted by molar-refractivity contribution is -0.170. The normalized spacial score (nSPS) is 15.1. The van der Waals surface area contributed by atoms with Gasteiger partial charge in [0.1, 0.15) is 5.82 Å². The highest BCUT2D eigenvalue weighted by Gasteiger charge is 2.40. The van der Waals surface area contributed by atoms with Crippen LogP contribution in [0.5, 0.6) is 0 Å². The number of piperidine rings is 1. The highest BCUT2D eigenvalue weighted by atomic mass is 19.1. The van der Waals surface area contributed by atoms with Gasteiger partial charge in [-0.15, -0.1) is 0 Å². The molecule has 0 aliphatic carbocycles. The standard InChI is InChI=1S/C22H24FN3O.C6H8O7/c1-17-2-4-19(5-3-17)22(27)10-12-25(13-11-22)15-18-14-24-26(16-18)21-8-6-20(23)7-9-21;7-3(8)1-6(13,5(11)12)2-4(9)10/h2-9,14,16,27H,10-13,15H2,1H3;13H,1-2H2,(H,7,8)(H,9,10)(H,11,12). The Kier molecular flexibility index (Phi) is 9.74. The number of aromatic nitrogens is 2. The Balaban J connectivity index is 0.000000289. The molecule has 0 atom stereocenters. The molecule has 1 saturated heterocycles. The fourth-order valence-electron chi connectivity index (χ4n) is 4.38. The number of carbonyl (C=O) groups is 3. The number of benzene rings is 2. The van der Waals surface area contributed by atoms with Crippen LogP contribution in [0.15, 0.2) is 60.9 Å². The second-order valence-corrected chi connectivity index (χ2v) is 9.92. The molecular formula is C28H32FN3O8. The largest absolute Gasteiger partial charge is 0.481 e. The summed E-state index contributed by atoms with van der Waals surface area (Å²) in [6, 6.07) is 14.5. The number of likely N-dealkylation sites (tertiary alicyclic amines) is 1. The molecule has 40 heavy (non-hydrogen) atoms. The van der Waals surface area contributed by atoms with Gasteiger partial charge in [0, 0.05) is 31.4 Å². The van der Waals surface area contributed by atoms with Crippen LogP contribution in [0, 0.1) is 12.7 Å². The maximum absolute atomic E-state index is 13.1. The molecular weight excluding hydrogens is 525 g/mol. The molecule has 12 heteroatoms. The van der Waals surface area contributed by atoms with E-state index in [-0.39, 0.29) is 5.82 Å². The highest BCUT2D eigenvalue weighted by molar-refractivity contribution is 5.88. The summed E-state index contributed by atoms with van der Waals surface area (Å²) in [5.41, 5.74) is 0.699. The van der Waals surface area contributed by atoms with E-state index in [0.29, 0.717) is 0 Å². The lowest BCUT2D eigenvalue weighted by atomic mass is 9.84. The number of carboxylic acid groups (broad SMARTS) is 3. The minimum absolute atomic E-state index is 0.250. The Hall–Kier alpha value is -4.13. The molecule has 0 amide bonds. The minimum Gasteiger partial charge on any atom is -0.481 e. The number of rotatable bonds is 9. The molecule has 0 bridgehead atoms. The molecule has 1 aromatic heterocycles. The van der Waals surface area contributed by atoms with Gasteiger partial charge in [-0.05, 0) is 49.6 Å². The van der Waals surface area contributed by atoms with Gasteiger partial charge in [0.15, 0.2) is 5.60 Å². The van der Waals surface area contributed by atoms with E-state index in [1.54, 1.807) is 16.8 Å². The van der Waals surface area contributed by atoms with Crippen molar-refractivity contribution < 1.29 is 44.3 Å². The molecule has 0 spiro atoms. The summed E-state index contributed by atoms with van der Waals surface area (Å²) in [6.07, 6.45) is 2.99. The van der Waals surface area contributed by atoms with Crippen LogP contribution in [-0.4, -0.2) is 76.8 Å².